The number of hydrogen-bond acceptors (Lipinski definition) is 5. The number of nitrogens with zero attached hydrogens (tertiary/aromatic N) is 1. The highest BCUT2D eigenvalue weighted by molar-refractivity contribution is 9.11. The third-order valence-electron chi connectivity index (χ3n) is 5.38. The van der Waals surface area contributed by atoms with Crippen LogP contribution in [0.3, 0.4) is 0 Å². The van der Waals surface area contributed by atoms with Crippen LogP contribution in [0.1, 0.15) is 34.0 Å². The smallest absolute Gasteiger partial charge is 0.271 e. The molecule has 0 aromatic heterocycles. The van der Waals surface area contributed by atoms with Gasteiger partial charge in [-0.05, 0) is 64.3 Å². The molecule has 0 aliphatic rings. The summed E-state index contributed by atoms with van der Waals surface area (Å²) in [4.78, 5) is 12.8. The van der Waals surface area contributed by atoms with Crippen molar-refractivity contribution >= 4 is 44.0 Å². The van der Waals surface area contributed by atoms with Gasteiger partial charge in [-0.25, -0.2) is 5.43 Å². The van der Waals surface area contributed by atoms with Gasteiger partial charge in [-0.2, -0.15) is 5.10 Å². The highest BCUT2D eigenvalue weighted by atomic mass is 79.9. The zero-order valence-electron chi connectivity index (χ0n) is 20.7. The SMILES string of the molecule is CCOc1cc(C(=O)N/N=C/c2cc(Br)cc(Br)c2OCc2ccccc2)ccc1OCc1ccccc1. The van der Waals surface area contributed by atoms with Crippen molar-refractivity contribution in [2.75, 3.05) is 6.61 Å². The summed E-state index contributed by atoms with van der Waals surface area (Å²) >= 11 is 7.05. The third kappa shape index (κ3) is 7.69. The first-order valence-corrected chi connectivity index (χ1v) is 13.5. The molecule has 4 aromatic rings. The molecule has 0 saturated carbocycles. The average molecular weight is 638 g/mol. The summed E-state index contributed by atoms with van der Waals surface area (Å²) in [5, 5.41) is 4.17. The van der Waals surface area contributed by atoms with E-state index >= 15 is 0 Å². The molecule has 0 bridgehead atoms. The number of hydrazone groups is 1. The second kappa shape index (κ2) is 13.8. The van der Waals surface area contributed by atoms with Crippen LogP contribution in [0.4, 0.5) is 0 Å². The fraction of sp³-hybridized carbons (Fsp3) is 0.133. The van der Waals surface area contributed by atoms with Gasteiger partial charge in [-0.1, -0.05) is 76.6 Å². The van der Waals surface area contributed by atoms with Crippen LogP contribution in [0.2, 0.25) is 0 Å². The standard InChI is InChI=1S/C30H26Br2N2O4/c1-2-36-28-16-23(13-14-27(28)37-19-21-9-5-3-6-10-21)30(35)34-33-18-24-15-25(31)17-26(32)29(24)38-20-22-11-7-4-8-12-22/h3-18H,2,19-20H2,1H3,(H,34,35)/b33-18+. The first-order chi connectivity index (χ1) is 18.5. The molecular weight excluding hydrogens is 612 g/mol. The summed E-state index contributed by atoms with van der Waals surface area (Å²) in [6.07, 6.45) is 1.55. The highest BCUT2D eigenvalue weighted by Crippen LogP contribution is 2.33. The predicted molar refractivity (Wildman–Crippen MR) is 156 cm³/mol. The maximum atomic E-state index is 12.8. The number of benzene rings is 4. The van der Waals surface area contributed by atoms with E-state index in [0.29, 0.717) is 48.2 Å². The molecule has 0 heterocycles. The Morgan fingerprint density at radius 2 is 1.47 bits per heavy atom. The van der Waals surface area contributed by atoms with Crippen molar-refractivity contribution in [3.63, 3.8) is 0 Å². The molecule has 0 radical (unpaired) electrons. The molecule has 38 heavy (non-hydrogen) atoms. The zero-order valence-corrected chi connectivity index (χ0v) is 23.9. The summed E-state index contributed by atoms with van der Waals surface area (Å²) in [7, 11) is 0. The topological polar surface area (TPSA) is 69.2 Å². The van der Waals surface area contributed by atoms with Crippen molar-refractivity contribution in [3.05, 3.63) is 122 Å². The second-order valence-corrected chi connectivity index (χ2v) is 9.92. The molecular formula is C30H26Br2N2O4. The third-order valence-corrected chi connectivity index (χ3v) is 6.42. The van der Waals surface area contributed by atoms with Crippen molar-refractivity contribution in [2.24, 2.45) is 5.10 Å². The number of halogens is 2. The Labute approximate surface area is 238 Å². The molecule has 6 nitrogen and oxygen atoms in total. The first-order valence-electron chi connectivity index (χ1n) is 12.0. The number of amides is 1. The lowest BCUT2D eigenvalue weighted by atomic mass is 10.2. The molecule has 0 atom stereocenters. The van der Waals surface area contributed by atoms with Crippen molar-refractivity contribution < 1.29 is 19.0 Å². The van der Waals surface area contributed by atoms with Gasteiger partial charge in [0.2, 0.25) is 0 Å². The lowest BCUT2D eigenvalue weighted by molar-refractivity contribution is 0.0954. The van der Waals surface area contributed by atoms with Gasteiger partial charge in [-0.3, -0.25) is 4.79 Å². The molecule has 0 fully saturated rings. The van der Waals surface area contributed by atoms with E-state index in [4.69, 9.17) is 14.2 Å². The predicted octanol–water partition coefficient (Wildman–Crippen LogP) is 7.53. The lowest BCUT2D eigenvalue weighted by Gasteiger charge is -2.13. The molecule has 0 saturated heterocycles. The summed E-state index contributed by atoms with van der Waals surface area (Å²) in [5.41, 5.74) is 5.76. The second-order valence-electron chi connectivity index (χ2n) is 8.15. The van der Waals surface area contributed by atoms with Crippen LogP contribution in [0.25, 0.3) is 0 Å². The first kappa shape index (κ1) is 27.4. The van der Waals surface area contributed by atoms with Crippen LogP contribution in [0.15, 0.2) is 105 Å². The Morgan fingerprint density at radius 3 is 2.13 bits per heavy atom. The largest absolute Gasteiger partial charge is 0.490 e. The van der Waals surface area contributed by atoms with Crippen molar-refractivity contribution in [2.45, 2.75) is 20.1 Å². The quantitative estimate of drug-likeness (QED) is 0.136. The fourth-order valence-corrected chi connectivity index (χ4v) is 4.93. The number of nitrogens with one attached hydrogen (secondary N) is 1. The summed E-state index contributed by atoms with van der Waals surface area (Å²) in [6, 6.07) is 28.6. The Morgan fingerprint density at radius 1 is 0.816 bits per heavy atom. The number of ether oxygens (including phenoxy) is 3. The molecule has 0 aliphatic carbocycles. The minimum Gasteiger partial charge on any atom is -0.490 e. The van der Waals surface area contributed by atoms with Crippen LogP contribution >= 0.6 is 31.9 Å². The van der Waals surface area contributed by atoms with Gasteiger partial charge in [0, 0.05) is 15.6 Å². The van der Waals surface area contributed by atoms with E-state index in [-0.39, 0.29) is 5.91 Å². The van der Waals surface area contributed by atoms with Gasteiger partial charge in [0.25, 0.3) is 5.91 Å². The van der Waals surface area contributed by atoms with Crippen LogP contribution in [-0.2, 0) is 13.2 Å². The molecule has 4 aromatic carbocycles. The molecule has 194 valence electrons. The number of hydrogen-bond donors (Lipinski definition) is 1. The number of carbonyl (C=O) groups excluding carboxylic acids is 1. The normalized spacial score (nSPS) is 10.8. The monoisotopic (exact) mass is 636 g/mol. The minimum absolute atomic E-state index is 0.377. The van der Waals surface area contributed by atoms with E-state index in [2.05, 4.69) is 42.4 Å². The van der Waals surface area contributed by atoms with Gasteiger partial charge in [0.15, 0.2) is 11.5 Å². The summed E-state index contributed by atoms with van der Waals surface area (Å²) < 4.78 is 19.3. The van der Waals surface area contributed by atoms with E-state index in [1.807, 2.05) is 79.7 Å². The molecule has 0 unspecified atom stereocenters. The van der Waals surface area contributed by atoms with Crippen LogP contribution in [0.5, 0.6) is 17.2 Å². The van der Waals surface area contributed by atoms with E-state index in [0.717, 1.165) is 20.1 Å². The number of carbonyl (C=O) groups is 1. The molecule has 1 N–H and O–H groups in total. The Kier molecular flexibility index (Phi) is 9.95. The zero-order chi connectivity index (χ0) is 26.7. The Hall–Kier alpha value is -3.62. The van der Waals surface area contributed by atoms with E-state index in [1.54, 1.807) is 24.4 Å². The van der Waals surface area contributed by atoms with Gasteiger partial charge in [-0.15, -0.1) is 0 Å². The van der Waals surface area contributed by atoms with E-state index in [9.17, 15) is 4.79 Å². The molecule has 8 heteroatoms. The molecule has 4 rings (SSSR count). The maximum Gasteiger partial charge on any atom is 0.271 e. The fourth-order valence-electron chi connectivity index (χ4n) is 3.56. The minimum atomic E-state index is -0.377. The van der Waals surface area contributed by atoms with Crippen LogP contribution < -0.4 is 19.6 Å². The van der Waals surface area contributed by atoms with Crippen molar-refractivity contribution in [1.82, 2.24) is 5.43 Å². The van der Waals surface area contributed by atoms with Crippen molar-refractivity contribution in [3.8, 4) is 17.2 Å². The number of rotatable bonds is 11. The van der Waals surface area contributed by atoms with Crippen LogP contribution in [-0.4, -0.2) is 18.7 Å². The van der Waals surface area contributed by atoms with Gasteiger partial charge < -0.3 is 14.2 Å². The van der Waals surface area contributed by atoms with Crippen molar-refractivity contribution in [1.29, 1.82) is 0 Å². The lowest BCUT2D eigenvalue weighted by Crippen LogP contribution is -2.18. The summed E-state index contributed by atoms with van der Waals surface area (Å²) in [6.45, 7) is 3.11. The van der Waals surface area contributed by atoms with Gasteiger partial charge in [0.05, 0.1) is 17.3 Å². The molecule has 0 spiro atoms. The van der Waals surface area contributed by atoms with E-state index in [1.165, 1.54) is 0 Å². The van der Waals surface area contributed by atoms with Gasteiger partial charge in [0.1, 0.15) is 19.0 Å². The Balaban J connectivity index is 1.44. The average Bonchev–Trinajstić information content (AvgIpc) is 2.93. The molecule has 0 aliphatic heterocycles. The maximum absolute atomic E-state index is 12.8. The Bertz CT molecular complexity index is 1400. The summed E-state index contributed by atoms with van der Waals surface area (Å²) in [5.74, 6) is 1.30. The highest BCUT2D eigenvalue weighted by Gasteiger charge is 2.13. The van der Waals surface area contributed by atoms with Gasteiger partial charge >= 0.3 is 0 Å². The van der Waals surface area contributed by atoms with E-state index < -0.39 is 0 Å². The molecule has 1 amide bonds. The van der Waals surface area contributed by atoms with Crippen LogP contribution in [0, 0.1) is 0 Å².